The van der Waals surface area contributed by atoms with Crippen molar-refractivity contribution >= 4 is 23.3 Å². The minimum absolute atomic E-state index is 0.00465. The van der Waals surface area contributed by atoms with Gasteiger partial charge in [0.25, 0.3) is 11.6 Å². The molecule has 158 valence electrons. The smallest absolute Gasteiger partial charge is 0.338 e. The number of carbonyl (C=O) groups is 2. The van der Waals surface area contributed by atoms with Crippen molar-refractivity contribution in [2.45, 2.75) is 13.5 Å². The third kappa shape index (κ3) is 6.14. The molecule has 0 unspecified atom stereocenters. The first-order chi connectivity index (χ1) is 14.9. The molecule has 0 aliphatic rings. The van der Waals surface area contributed by atoms with Gasteiger partial charge < -0.3 is 14.8 Å². The number of nitrogens with zero attached hydrogens (tertiary/aromatic N) is 1. The maximum atomic E-state index is 12.1. The molecular weight excluding hydrogens is 400 g/mol. The molecule has 0 aliphatic heterocycles. The number of aryl methyl sites for hydroxylation is 1. The molecule has 0 aromatic heterocycles. The van der Waals surface area contributed by atoms with Gasteiger partial charge in [-0.3, -0.25) is 14.9 Å². The monoisotopic (exact) mass is 420 g/mol. The first-order valence-corrected chi connectivity index (χ1v) is 9.41. The van der Waals surface area contributed by atoms with Crippen molar-refractivity contribution in [1.82, 2.24) is 0 Å². The van der Waals surface area contributed by atoms with Crippen LogP contribution < -0.4 is 10.1 Å². The summed E-state index contributed by atoms with van der Waals surface area (Å²) in [5.41, 5.74) is 1.80. The topological polar surface area (TPSA) is 108 Å². The summed E-state index contributed by atoms with van der Waals surface area (Å²) in [6, 6.07) is 20.5. The van der Waals surface area contributed by atoms with Crippen LogP contribution in [0.4, 0.5) is 11.4 Å². The molecule has 3 rings (SSSR count). The molecule has 0 heterocycles. The lowest BCUT2D eigenvalue weighted by atomic mass is 10.1. The van der Waals surface area contributed by atoms with Crippen LogP contribution in [-0.4, -0.2) is 23.4 Å². The molecule has 1 N–H and O–H groups in total. The fraction of sp³-hybridized carbons (Fsp3) is 0.130. The quantitative estimate of drug-likeness (QED) is 0.331. The number of nitro groups is 1. The molecular formula is C23H20N2O6. The van der Waals surface area contributed by atoms with Crippen molar-refractivity contribution in [3.05, 3.63) is 99.6 Å². The largest absolute Gasteiger partial charge is 0.489 e. The van der Waals surface area contributed by atoms with E-state index in [1.165, 1.54) is 12.1 Å². The van der Waals surface area contributed by atoms with Crippen molar-refractivity contribution in [3.8, 4) is 5.75 Å². The van der Waals surface area contributed by atoms with Crippen LogP contribution in [0.5, 0.6) is 5.75 Å². The van der Waals surface area contributed by atoms with Gasteiger partial charge in [0, 0.05) is 17.3 Å². The summed E-state index contributed by atoms with van der Waals surface area (Å²) >= 11 is 0. The summed E-state index contributed by atoms with van der Waals surface area (Å²) in [7, 11) is 0. The number of anilines is 1. The van der Waals surface area contributed by atoms with Gasteiger partial charge in [0.05, 0.1) is 10.5 Å². The Bertz CT molecular complexity index is 1080. The average Bonchev–Trinajstić information content (AvgIpc) is 2.78. The number of ether oxygens (including phenoxy) is 2. The Kier molecular flexibility index (Phi) is 6.95. The third-order valence-corrected chi connectivity index (χ3v) is 4.36. The Labute approximate surface area is 178 Å². The molecule has 31 heavy (non-hydrogen) atoms. The van der Waals surface area contributed by atoms with E-state index in [0.29, 0.717) is 23.6 Å². The van der Waals surface area contributed by atoms with Crippen molar-refractivity contribution in [2.75, 3.05) is 11.9 Å². The minimum atomic E-state index is -0.817. The van der Waals surface area contributed by atoms with Gasteiger partial charge in [-0.25, -0.2) is 4.79 Å². The van der Waals surface area contributed by atoms with E-state index in [-0.39, 0.29) is 11.3 Å². The number of hydrogen-bond acceptors (Lipinski definition) is 6. The molecule has 0 saturated heterocycles. The van der Waals surface area contributed by atoms with Crippen LogP contribution in [0.25, 0.3) is 0 Å². The summed E-state index contributed by atoms with van der Waals surface area (Å²) in [5.74, 6) is -0.704. The van der Waals surface area contributed by atoms with E-state index < -0.39 is 23.4 Å². The molecule has 0 saturated carbocycles. The van der Waals surface area contributed by atoms with Crippen LogP contribution in [0.2, 0.25) is 0 Å². The van der Waals surface area contributed by atoms with Crippen LogP contribution >= 0.6 is 0 Å². The number of benzene rings is 3. The summed E-state index contributed by atoms with van der Waals surface area (Å²) in [6.07, 6.45) is 0. The van der Waals surface area contributed by atoms with Crippen molar-refractivity contribution in [1.29, 1.82) is 0 Å². The number of rotatable bonds is 8. The first-order valence-electron chi connectivity index (χ1n) is 9.41. The Morgan fingerprint density at radius 2 is 1.71 bits per heavy atom. The lowest BCUT2D eigenvalue weighted by Crippen LogP contribution is -2.21. The second-order valence-corrected chi connectivity index (χ2v) is 6.68. The molecule has 1 amide bonds. The summed E-state index contributed by atoms with van der Waals surface area (Å²) in [6.45, 7) is 1.48. The SMILES string of the molecule is Cc1ccc(C(=O)OCC(=O)Nc2ccc(OCc3ccccc3)cc2)cc1[N+](=O)[O-]. The van der Waals surface area contributed by atoms with Crippen molar-refractivity contribution in [2.24, 2.45) is 0 Å². The lowest BCUT2D eigenvalue weighted by molar-refractivity contribution is -0.385. The molecule has 0 aliphatic carbocycles. The molecule has 0 bridgehead atoms. The Balaban J connectivity index is 1.48. The molecule has 3 aromatic rings. The van der Waals surface area contributed by atoms with Gasteiger partial charge in [-0.05, 0) is 42.8 Å². The van der Waals surface area contributed by atoms with Gasteiger partial charge in [0.1, 0.15) is 12.4 Å². The highest BCUT2D eigenvalue weighted by Gasteiger charge is 2.17. The highest BCUT2D eigenvalue weighted by atomic mass is 16.6. The van der Waals surface area contributed by atoms with E-state index >= 15 is 0 Å². The zero-order valence-corrected chi connectivity index (χ0v) is 16.7. The van der Waals surface area contributed by atoms with E-state index in [2.05, 4.69) is 5.32 Å². The van der Waals surface area contributed by atoms with Gasteiger partial charge in [-0.2, -0.15) is 0 Å². The Hall–Kier alpha value is -4.20. The van der Waals surface area contributed by atoms with Crippen LogP contribution in [0.3, 0.4) is 0 Å². The normalized spacial score (nSPS) is 10.2. The van der Waals surface area contributed by atoms with Gasteiger partial charge in [-0.15, -0.1) is 0 Å². The van der Waals surface area contributed by atoms with Crippen LogP contribution in [0.15, 0.2) is 72.8 Å². The Morgan fingerprint density at radius 1 is 1.00 bits per heavy atom. The van der Waals surface area contributed by atoms with Gasteiger partial charge in [-0.1, -0.05) is 36.4 Å². The Morgan fingerprint density at radius 3 is 2.39 bits per heavy atom. The predicted octanol–water partition coefficient (Wildman–Crippen LogP) is 4.28. The second kappa shape index (κ2) is 10.0. The lowest BCUT2D eigenvalue weighted by Gasteiger charge is -2.09. The highest BCUT2D eigenvalue weighted by Crippen LogP contribution is 2.20. The average molecular weight is 420 g/mol. The molecule has 0 radical (unpaired) electrons. The minimum Gasteiger partial charge on any atom is -0.489 e. The summed E-state index contributed by atoms with van der Waals surface area (Å²) in [5, 5.41) is 13.6. The van der Waals surface area contributed by atoms with E-state index in [9.17, 15) is 19.7 Å². The van der Waals surface area contributed by atoms with Gasteiger partial charge in [0.2, 0.25) is 0 Å². The zero-order valence-electron chi connectivity index (χ0n) is 16.7. The van der Waals surface area contributed by atoms with E-state index in [1.807, 2.05) is 30.3 Å². The van der Waals surface area contributed by atoms with E-state index in [0.717, 1.165) is 11.6 Å². The first kappa shape index (κ1) is 21.5. The highest BCUT2D eigenvalue weighted by molar-refractivity contribution is 5.95. The van der Waals surface area contributed by atoms with Crippen LogP contribution in [-0.2, 0) is 16.1 Å². The molecule has 8 nitrogen and oxygen atoms in total. The standard InChI is InChI=1S/C23H20N2O6/c1-16-7-8-18(13-21(16)25(28)29)23(27)31-15-22(26)24-19-9-11-20(12-10-19)30-14-17-5-3-2-4-6-17/h2-13H,14-15H2,1H3,(H,24,26). The maximum Gasteiger partial charge on any atom is 0.338 e. The van der Waals surface area contributed by atoms with E-state index in [1.54, 1.807) is 31.2 Å². The summed E-state index contributed by atoms with van der Waals surface area (Å²) < 4.78 is 10.6. The molecule has 3 aromatic carbocycles. The number of nitrogens with one attached hydrogen (secondary N) is 1. The number of hydrogen-bond donors (Lipinski definition) is 1. The molecule has 8 heteroatoms. The van der Waals surface area contributed by atoms with Gasteiger partial charge >= 0.3 is 5.97 Å². The van der Waals surface area contributed by atoms with Crippen molar-refractivity contribution in [3.63, 3.8) is 0 Å². The van der Waals surface area contributed by atoms with Crippen molar-refractivity contribution < 1.29 is 24.0 Å². The number of carbonyl (C=O) groups excluding carboxylic acids is 2. The predicted molar refractivity (Wildman–Crippen MR) is 114 cm³/mol. The third-order valence-electron chi connectivity index (χ3n) is 4.36. The van der Waals surface area contributed by atoms with Gasteiger partial charge in [0.15, 0.2) is 6.61 Å². The molecule has 0 spiro atoms. The number of amides is 1. The second-order valence-electron chi connectivity index (χ2n) is 6.68. The number of nitro benzene ring substituents is 1. The fourth-order valence-corrected chi connectivity index (χ4v) is 2.72. The number of esters is 1. The van der Waals surface area contributed by atoms with Crippen LogP contribution in [0.1, 0.15) is 21.5 Å². The molecule has 0 fully saturated rings. The summed E-state index contributed by atoms with van der Waals surface area (Å²) in [4.78, 5) is 34.5. The van der Waals surface area contributed by atoms with Crippen LogP contribution in [0, 0.1) is 17.0 Å². The zero-order chi connectivity index (χ0) is 22.2. The maximum absolute atomic E-state index is 12.1. The van der Waals surface area contributed by atoms with E-state index in [4.69, 9.17) is 9.47 Å². The fourth-order valence-electron chi connectivity index (χ4n) is 2.72. The molecule has 0 atom stereocenters.